The molecule has 11 N–H and O–H groups in total. The quantitative estimate of drug-likeness (QED) is 0.0978. The summed E-state index contributed by atoms with van der Waals surface area (Å²) >= 11 is 0. The summed E-state index contributed by atoms with van der Waals surface area (Å²) in [5.74, 6) is -3.65. The fourth-order valence-corrected chi connectivity index (χ4v) is 9.13. The molecular weight excluding hydrogens is 899 g/mol. The van der Waals surface area contributed by atoms with Crippen LogP contribution in [0, 0.1) is 0 Å². The first-order valence-electron chi connectivity index (χ1n) is 24.6. The molecule has 19 heteroatoms. The summed E-state index contributed by atoms with van der Waals surface area (Å²) in [5, 5.41) is 34.2. The Hall–Kier alpha value is -6.57. The van der Waals surface area contributed by atoms with Crippen molar-refractivity contribution in [3.63, 3.8) is 0 Å². The molecule has 7 atom stereocenters. The van der Waals surface area contributed by atoms with E-state index in [2.05, 4.69) is 33.5 Å². The van der Waals surface area contributed by atoms with E-state index < -0.39 is 90.3 Å². The van der Waals surface area contributed by atoms with Crippen LogP contribution in [0.25, 0.3) is 11.1 Å². The standard InChI is InChI=1S/C51H69N9O10/c1-2-3-4-28-70-38-22-18-34(19-23-38)33-14-16-35(17-15-33)45(63)55-39-9-6-26-54-48(66)44-29-36(53)30-60(44)50(68)41(8-5-25-52)57-47(65)40(24-13-32-11-20-37(62)21-12-32)56-49(67)43-10-7-27-59(43)51(69)42(31-61)58-46(39)64/h11-12,14-23,36,39-44,61-62H,2-10,13,24-31,52-53H2,1H3,(H,54,66)(H,55,63)(H,56,67)(H,57,65)(H,58,64)/t36?,39-,40-,41-,42-,43-,44-/m0/s1. The Morgan fingerprint density at radius 2 is 1.41 bits per heavy atom. The maximum absolute atomic E-state index is 14.3. The molecule has 0 radical (unpaired) electrons. The number of aryl methyl sites for hydroxylation is 1. The summed E-state index contributed by atoms with van der Waals surface area (Å²) in [6.45, 7) is 2.35. The summed E-state index contributed by atoms with van der Waals surface area (Å²) < 4.78 is 5.84. The number of hydrogen-bond donors (Lipinski definition) is 9. The molecule has 7 amide bonds. The molecule has 6 rings (SSSR count). The number of benzene rings is 3. The van der Waals surface area contributed by atoms with E-state index in [1.807, 2.05) is 24.3 Å². The first-order valence-corrected chi connectivity index (χ1v) is 24.6. The molecule has 3 fully saturated rings. The molecule has 3 aromatic rings. The molecule has 3 saturated heterocycles. The predicted molar refractivity (Wildman–Crippen MR) is 261 cm³/mol. The van der Waals surface area contributed by atoms with Crippen LogP contribution in [0.2, 0.25) is 0 Å². The minimum atomic E-state index is -1.50. The third-order valence-corrected chi connectivity index (χ3v) is 13.1. The van der Waals surface area contributed by atoms with Gasteiger partial charge in [-0.3, -0.25) is 33.6 Å². The number of rotatable bonds is 15. The fraction of sp³-hybridized carbons (Fsp3) is 0.510. The molecule has 3 aliphatic heterocycles. The number of aromatic hydroxyl groups is 1. The van der Waals surface area contributed by atoms with Crippen LogP contribution in [0.1, 0.15) is 93.5 Å². The van der Waals surface area contributed by atoms with E-state index in [1.165, 1.54) is 21.9 Å². The van der Waals surface area contributed by atoms with Crippen LogP contribution in [-0.4, -0.2) is 143 Å². The number of nitrogens with one attached hydrogen (secondary N) is 5. The Kier molecular flexibility index (Phi) is 19.5. The Morgan fingerprint density at radius 3 is 2.10 bits per heavy atom. The van der Waals surface area contributed by atoms with Gasteiger partial charge < -0.3 is 62.8 Å². The molecule has 3 aromatic carbocycles. The van der Waals surface area contributed by atoms with Gasteiger partial charge in [0.2, 0.25) is 35.4 Å². The van der Waals surface area contributed by atoms with Crippen molar-refractivity contribution in [2.75, 3.05) is 39.4 Å². The van der Waals surface area contributed by atoms with Gasteiger partial charge in [0, 0.05) is 31.2 Å². The van der Waals surface area contributed by atoms with Gasteiger partial charge in [-0.05, 0) is 124 Å². The first kappa shape index (κ1) is 52.8. The molecule has 3 heterocycles. The van der Waals surface area contributed by atoms with Gasteiger partial charge in [-0.1, -0.05) is 56.2 Å². The Labute approximate surface area is 408 Å². The molecule has 3 aliphatic rings. The highest BCUT2D eigenvalue weighted by Crippen LogP contribution is 2.25. The van der Waals surface area contributed by atoms with Gasteiger partial charge in [-0.15, -0.1) is 0 Å². The number of aliphatic hydroxyl groups is 1. The summed E-state index contributed by atoms with van der Waals surface area (Å²) in [7, 11) is 0. The number of phenols is 1. The fourth-order valence-electron chi connectivity index (χ4n) is 9.13. The lowest BCUT2D eigenvalue weighted by atomic mass is 10.0. The number of carbonyl (C=O) groups is 7. The summed E-state index contributed by atoms with van der Waals surface area (Å²) in [5.41, 5.74) is 15.0. The van der Waals surface area contributed by atoms with E-state index in [4.69, 9.17) is 16.2 Å². The second kappa shape index (κ2) is 25.9. The first-order chi connectivity index (χ1) is 33.8. The molecule has 0 aliphatic carbocycles. The van der Waals surface area contributed by atoms with Gasteiger partial charge in [0.15, 0.2) is 0 Å². The molecule has 0 aromatic heterocycles. The van der Waals surface area contributed by atoms with Crippen LogP contribution in [-0.2, 0) is 35.2 Å². The highest BCUT2D eigenvalue weighted by molar-refractivity contribution is 6.00. The van der Waals surface area contributed by atoms with Crippen molar-refractivity contribution < 1.29 is 48.5 Å². The number of nitrogens with two attached hydrogens (primary N) is 2. The van der Waals surface area contributed by atoms with Crippen LogP contribution < -0.4 is 42.8 Å². The summed E-state index contributed by atoms with van der Waals surface area (Å²) in [6, 6.07) is 13.2. The van der Waals surface area contributed by atoms with Crippen LogP contribution in [0.4, 0.5) is 0 Å². The van der Waals surface area contributed by atoms with Crippen molar-refractivity contribution in [1.29, 1.82) is 0 Å². The molecule has 0 saturated carbocycles. The largest absolute Gasteiger partial charge is 0.508 e. The van der Waals surface area contributed by atoms with Crippen LogP contribution in [0.5, 0.6) is 11.5 Å². The molecule has 19 nitrogen and oxygen atoms in total. The Bertz CT molecular complexity index is 2260. The van der Waals surface area contributed by atoms with Gasteiger partial charge in [-0.25, -0.2) is 0 Å². The molecule has 1 unspecified atom stereocenters. The highest BCUT2D eigenvalue weighted by atomic mass is 16.5. The molecule has 70 heavy (non-hydrogen) atoms. The number of unbranched alkanes of at least 4 members (excludes halogenated alkanes) is 2. The molecular formula is C51H69N9O10. The number of ether oxygens (including phenoxy) is 1. The third kappa shape index (κ3) is 14.3. The average molecular weight is 968 g/mol. The van der Waals surface area contributed by atoms with Crippen LogP contribution >= 0.6 is 0 Å². The normalized spacial score (nSPS) is 24.1. The molecule has 0 spiro atoms. The van der Waals surface area contributed by atoms with Crippen molar-refractivity contribution in [3.05, 3.63) is 83.9 Å². The third-order valence-electron chi connectivity index (χ3n) is 13.1. The number of carbonyl (C=O) groups excluding carboxylic acids is 7. The number of nitrogens with zero attached hydrogens (tertiary/aromatic N) is 2. The zero-order chi connectivity index (χ0) is 50.2. The molecule has 378 valence electrons. The lowest BCUT2D eigenvalue weighted by Gasteiger charge is -2.31. The lowest BCUT2D eigenvalue weighted by molar-refractivity contribution is -0.143. The van der Waals surface area contributed by atoms with E-state index in [0.717, 1.165) is 41.7 Å². The number of fused-ring (bicyclic) bond motifs is 2. The highest BCUT2D eigenvalue weighted by Gasteiger charge is 2.43. The second-order valence-corrected chi connectivity index (χ2v) is 18.3. The zero-order valence-electron chi connectivity index (χ0n) is 39.9. The number of phenolic OH excluding ortho intramolecular Hbond substituents is 1. The van der Waals surface area contributed by atoms with Gasteiger partial charge >= 0.3 is 0 Å². The van der Waals surface area contributed by atoms with Crippen molar-refractivity contribution in [2.24, 2.45) is 11.5 Å². The van der Waals surface area contributed by atoms with E-state index in [0.29, 0.717) is 19.4 Å². The topological polar surface area (TPSA) is 288 Å². The minimum absolute atomic E-state index is 0.00453. The lowest BCUT2D eigenvalue weighted by Crippen LogP contribution is -2.59. The van der Waals surface area contributed by atoms with E-state index in [1.54, 1.807) is 36.4 Å². The SMILES string of the molecule is CCCCCOc1ccc(-c2ccc(C(=O)N[C@H]3CCCNC(=O)[C@@H]4CC(N)CN4C(=O)[C@H](CCCN)NC(=O)[C@H](CCc4ccc(O)cc4)NC(=O)[C@@H]4CCCN4C(=O)[C@H](CO)NC3=O)cc2)cc1. The maximum Gasteiger partial charge on any atom is 0.251 e. The van der Waals surface area contributed by atoms with Gasteiger partial charge in [0.25, 0.3) is 5.91 Å². The van der Waals surface area contributed by atoms with E-state index >= 15 is 0 Å². The van der Waals surface area contributed by atoms with Gasteiger partial charge in [0.05, 0.1) is 13.2 Å². The minimum Gasteiger partial charge on any atom is -0.508 e. The predicted octanol–water partition coefficient (Wildman–Crippen LogP) is 1.37. The Balaban J connectivity index is 1.24. The summed E-state index contributed by atoms with van der Waals surface area (Å²) in [6.07, 6.45) is 4.95. The van der Waals surface area contributed by atoms with Crippen LogP contribution in [0.15, 0.2) is 72.8 Å². The summed E-state index contributed by atoms with van der Waals surface area (Å²) in [4.78, 5) is 101. The Morgan fingerprint density at radius 1 is 0.743 bits per heavy atom. The van der Waals surface area contributed by atoms with Gasteiger partial charge in [0.1, 0.15) is 47.8 Å². The maximum atomic E-state index is 14.3. The number of aliphatic hydroxyl groups excluding tert-OH is 1. The smallest absolute Gasteiger partial charge is 0.251 e. The van der Waals surface area contributed by atoms with Crippen molar-refractivity contribution in [2.45, 2.75) is 126 Å². The average Bonchev–Trinajstić information content (AvgIpc) is 4.03. The number of hydrogen-bond acceptors (Lipinski definition) is 12. The van der Waals surface area contributed by atoms with Gasteiger partial charge in [-0.2, -0.15) is 0 Å². The van der Waals surface area contributed by atoms with E-state index in [9.17, 15) is 43.8 Å². The van der Waals surface area contributed by atoms with Crippen molar-refractivity contribution in [1.82, 2.24) is 36.4 Å². The van der Waals surface area contributed by atoms with Crippen molar-refractivity contribution in [3.8, 4) is 22.6 Å². The van der Waals surface area contributed by atoms with Crippen LogP contribution in [0.3, 0.4) is 0 Å². The monoisotopic (exact) mass is 968 g/mol. The van der Waals surface area contributed by atoms with E-state index in [-0.39, 0.29) is 82.4 Å². The number of amides is 7. The molecule has 0 bridgehead atoms. The van der Waals surface area contributed by atoms with Crippen molar-refractivity contribution >= 4 is 41.4 Å². The second-order valence-electron chi connectivity index (χ2n) is 18.3. The zero-order valence-corrected chi connectivity index (χ0v) is 39.9.